The summed E-state index contributed by atoms with van der Waals surface area (Å²) in [6.45, 7) is 8.61. The van der Waals surface area contributed by atoms with Crippen LogP contribution in [0.2, 0.25) is 12.6 Å². The predicted octanol–water partition coefficient (Wildman–Crippen LogP) is 2.73. The first-order valence-electron chi connectivity index (χ1n) is 9.44. The number of nitrogen functional groups attached to an aromatic ring is 1. The summed E-state index contributed by atoms with van der Waals surface area (Å²) >= 11 is 0. The zero-order valence-corrected chi connectivity index (χ0v) is 17.6. The van der Waals surface area contributed by atoms with E-state index < -0.39 is 8.07 Å². The van der Waals surface area contributed by atoms with E-state index in [2.05, 4.69) is 50.2 Å². The van der Waals surface area contributed by atoms with Crippen molar-refractivity contribution in [1.29, 1.82) is 0 Å². The number of carbonyl (C=O) groups is 1. The van der Waals surface area contributed by atoms with Gasteiger partial charge in [-0.2, -0.15) is 0 Å². The highest BCUT2D eigenvalue weighted by Crippen LogP contribution is 2.35. The Hall–Kier alpha value is -2.47. The summed E-state index contributed by atoms with van der Waals surface area (Å²) in [4.78, 5) is 15.5. The van der Waals surface area contributed by atoms with Gasteiger partial charge in [0, 0.05) is 17.3 Å². The number of aliphatic imine (C=N–C) groups is 1. The normalized spacial score (nSPS) is 22.7. The summed E-state index contributed by atoms with van der Waals surface area (Å²) in [5, 5.41) is 2.61. The van der Waals surface area contributed by atoms with E-state index in [-0.39, 0.29) is 0 Å². The fourth-order valence-electron chi connectivity index (χ4n) is 3.99. The van der Waals surface area contributed by atoms with Crippen LogP contribution in [0.1, 0.15) is 20.3 Å². The molecule has 27 heavy (non-hydrogen) atoms. The summed E-state index contributed by atoms with van der Waals surface area (Å²) in [7, 11) is 0.0539. The Morgan fingerprint density at radius 3 is 2.81 bits per heavy atom. The summed E-state index contributed by atoms with van der Waals surface area (Å²) in [5.74, 6) is 0. The number of rotatable bonds is 6. The molecule has 142 valence electrons. The molecule has 0 aromatic heterocycles. The molecule has 0 bridgehead atoms. The van der Waals surface area contributed by atoms with Crippen LogP contribution in [0.25, 0.3) is 0 Å². The van der Waals surface area contributed by atoms with E-state index in [1.54, 1.807) is 0 Å². The van der Waals surface area contributed by atoms with Gasteiger partial charge in [-0.15, -0.1) is 0 Å². The van der Waals surface area contributed by atoms with Crippen LogP contribution in [0, 0.1) is 0 Å². The lowest BCUT2D eigenvalue weighted by Crippen LogP contribution is -2.52. The standard InChI is InChI=1S/C21H27N3O2Si/c1-5-24(3)19-13-21-18(11-15(19)2)23-17-8-7-16(22)12-20(17)27(21,4)10-6-9-26-14-25/h7-8,11-14,22H,5-6,9-10H2,1-4H3/p+1. The number of allylic oxidation sites excluding steroid dienone is 4. The third kappa shape index (κ3) is 3.54. The fraction of sp³-hybridized carbons (Fsp3) is 0.381. The molecule has 0 saturated heterocycles. The third-order valence-corrected chi connectivity index (χ3v) is 10.2. The maximum absolute atomic E-state index is 10.5. The van der Waals surface area contributed by atoms with Gasteiger partial charge in [0.25, 0.3) is 6.47 Å². The van der Waals surface area contributed by atoms with E-state index in [1.807, 2.05) is 12.1 Å². The number of anilines is 1. The van der Waals surface area contributed by atoms with E-state index in [0.717, 1.165) is 36.1 Å². The molecule has 0 amide bonds. The Morgan fingerprint density at radius 2 is 2.11 bits per heavy atom. The Balaban J connectivity index is 2.15. The van der Waals surface area contributed by atoms with Crippen LogP contribution in [0.5, 0.6) is 0 Å². The summed E-state index contributed by atoms with van der Waals surface area (Å²) in [6, 6.07) is 7.03. The maximum Gasteiger partial charge on any atom is 0.293 e. The van der Waals surface area contributed by atoms with Gasteiger partial charge in [-0.25, -0.2) is 9.57 Å². The van der Waals surface area contributed by atoms with Crippen molar-refractivity contribution in [1.82, 2.24) is 0 Å². The summed E-state index contributed by atoms with van der Waals surface area (Å²) in [6.07, 6.45) is 5.38. The molecule has 3 rings (SSSR count). The SMILES string of the molecule is CC[N+](C)=C1C=C2C(=Nc3ccc(N)cc3[Si]2(C)CCCOC=O)C=C1C. The number of nitrogens with two attached hydrogens (primary N) is 1. The topological polar surface area (TPSA) is 67.7 Å². The molecule has 0 radical (unpaired) electrons. The highest BCUT2D eigenvalue weighted by Gasteiger charge is 2.42. The molecule has 1 aromatic carbocycles. The summed E-state index contributed by atoms with van der Waals surface area (Å²) in [5.41, 5.74) is 11.5. The van der Waals surface area contributed by atoms with Crippen LogP contribution >= 0.6 is 0 Å². The molecule has 0 fully saturated rings. The van der Waals surface area contributed by atoms with Gasteiger partial charge >= 0.3 is 0 Å². The first kappa shape index (κ1) is 19.3. The first-order chi connectivity index (χ1) is 12.9. The lowest BCUT2D eigenvalue weighted by atomic mass is 10.0. The summed E-state index contributed by atoms with van der Waals surface area (Å²) < 4.78 is 7.23. The molecule has 6 heteroatoms. The molecule has 1 aliphatic carbocycles. The molecule has 1 aromatic rings. The number of ether oxygens (including phenoxy) is 1. The molecule has 0 saturated carbocycles. The lowest BCUT2D eigenvalue weighted by molar-refractivity contribution is -0.492. The maximum atomic E-state index is 10.5. The molecular formula is C21H28N3O2Si+. The van der Waals surface area contributed by atoms with Gasteiger partial charge in [0.1, 0.15) is 21.7 Å². The second-order valence-corrected chi connectivity index (χ2v) is 11.7. The molecule has 1 aliphatic heterocycles. The number of nitrogens with zero attached hydrogens (tertiary/aromatic N) is 2. The van der Waals surface area contributed by atoms with Crippen molar-refractivity contribution >= 4 is 42.5 Å². The highest BCUT2D eigenvalue weighted by atomic mass is 28.3. The van der Waals surface area contributed by atoms with Crippen LogP contribution in [-0.2, 0) is 9.53 Å². The van der Waals surface area contributed by atoms with E-state index in [4.69, 9.17) is 15.5 Å². The molecule has 5 nitrogen and oxygen atoms in total. The Kier molecular flexibility index (Phi) is 5.46. The van der Waals surface area contributed by atoms with Gasteiger partial charge in [0.2, 0.25) is 5.71 Å². The van der Waals surface area contributed by atoms with Crippen molar-refractivity contribution < 1.29 is 14.1 Å². The minimum absolute atomic E-state index is 0.448. The van der Waals surface area contributed by atoms with Crippen molar-refractivity contribution in [3.63, 3.8) is 0 Å². The lowest BCUT2D eigenvalue weighted by Gasteiger charge is -2.37. The average molecular weight is 383 g/mol. The van der Waals surface area contributed by atoms with Crippen molar-refractivity contribution in [2.45, 2.75) is 32.9 Å². The minimum Gasteiger partial charge on any atom is -0.468 e. The number of hydrogen-bond donors (Lipinski definition) is 1. The van der Waals surface area contributed by atoms with Gasteiger partial charge in [-0.3, -0.25) is 4.79 Å². The van der Waals surface area contributed by atoms with E-state index in [9.17, 15) is 4.79 Å². The predicted molar refractivity (Wildman–Crippen MR) is 114 cm³/mol. The molecule has 1 heterocycles. The number of fused-ring (bicyclic) bond motifs is 2. The van der Waals surface area contributed by atoms with E-state index in [0.29, 0.717) is 13.1 Å². The van der Waals surface area contributed by atoms with Gasteiger partial charge in [0.15, 0.2) is 0 Å². The van der Waals surface area contributed by atoms with Crippen molar-refractivity contribution in [2.24, 2.45) is 4.99 Å². The molecule has 1 atom stereocenters. The Morgan fingerprint density at radius 1 is 1.33 bits per heavy atom. The van der Waals surface area contributed by atoms with Gasteiger partial charge in [0.05, 0.1) is 18.0 Å². The van der Waals surface area contributed by atoms with Crippen LogP contribution in [0.4, 0.5) is 11.4 Å². The van der Waals surface area contributed by atoms with Crippen LogP contribution < -0.4 is 10.9 Å². The molecular weight excluding hydrogens is 354 g/mol. The Labute approximate surface area is 162 Å². The minimum atomic E-state index is -2.07. The molecule has 0 spiro atoms. The average Bonchev–Trinajstić information content (AvgIpc) is 2.65. The van der Waals surface area contributed by atoms with Crippen LogP contribution in [0.15, 0.2) is 46.1 Å². The second-order valence-electron chi connectivity index (χ2n) is 7.46. The van der Waals surface area contributed by atoms with Crippen LogP contribution in [0.3, 0.4) is 0 Å². The molecule has 2 N–H and O–H groups in total. The molecule has 2 aliphatic rings. The zero-order chi connectivity index (χ0) is 19.6. The highest BCUT2D eigenvalue weighted by molar-refractivity contribution is 7.02. The number of hydrogen-bond acceptors (Lipinski definition) is 4. The third-order valence-electron chi connectivity index (χ3n) is 5.66. The zero-order valence-electron chi connectivity index (χ0n) is 16.6. The quantitative estimate of drug-likeness (QED) is 0.205. The van der Waals surface area contributed by atoms with E-state index in [1.165, 1.54) is 21.7 Å². The fourth-order valence-corrected chi connectivity index (χ4v) is 8.01. The van der Waals surface area contributed by atoms with Gasteiger partial charge < -0.3 is 10.5 Å². The van der Waals surface area contributed by atoms with Crippen LogP contribution in [-0.4, -0.2) is 50.7 Å². The monoisotopic (exact) mass is 382 g/mol. The van der Waals surface area contributed by atoms with E-state index >= 15 is 0 Å². The largest absolute Gasteiger partial charge is 0.468 e. The second kappa shape index (κ2) is 7.64. The number of carbonyl (C=O) groups excluding carboxylic acids is 1. The first-order valence-corrected chi connectivity index (χ1v) is 12.1. The smallest absolute Gasteiger partial charge is 0.293 e. The Bertz CT molecular complexity index is 899. The molecule has 1 unspecified atom stereocenters. The number of benzene rings is 1. The van der Waals surface area contributed by atoms with Crippen molar-refractivity contribution in [3.05, 3.63) is 41.1 Å². The van der Waals surface area contributed by atoms with Crippen molar-refractivity contribution in [3.8, 4) is 0 Å². The van der Waals surface area contributed by atoms with Gasteiger partial charge in [-0.1, -0.05) is 6.55 Å². The van der Waals surface area contributed by atoms with Crippen molar-refractivity contribution in [2.75, 3.05) is 25.9 Å². The van der Waals surface area contributed by atoms with Gasteiger partial charge in [-0.05, 0) is 61.0 Å².